The van der Waals surface area contributed by atoms with Gasteiger partial charge in [-0.3, -0.25) is 9.78 Å². The number of amides is 1. The number of rotatable bonds is 5. The molecule has 2 aromatic heterocycles. The molecule has 30 heavy (non-hydrogen) atoms. The van der Waals surface area contributed by atoms with E-state index in [0.29, 0.717) is 30.4 Å². The van der Waals surface area contributed by atoms with Crippen LogP contribution in [0.5, 0.6) is 5.88 Å². The highest BCUT2D eigenvalue weighted by Crippen LogP contribution is 2.62. The second kappa shape index (κ2) is 7.13. The van der Waals surface area contributed by atoms with Gasteiger partial charge in [-0.25, -0.2) is 19.4 Å². The first-order chi connectivity index (χ1) is 14.6. The fourth-order valence-electron chi connectivity index (χ4n) is 4.96. The Morgan fingerprint density at radius 3 is 2.87 bits per heavy atom. The standard InChI is InChI=1S/C21H19FN6O2/c22-15-3-13(8-24-9-15)18-1-2-27-28(18)20(29)17-6-21(4-14(17)5-21)12-30-19-11-25-16(7-23)10-26-19/h2-3,8-11,14,17-18H,1,4-6,12H2/t14?,17-,18?,21?/m0/s1. The second-order valence-electron chi connectivity index (χ2n) is 8.29. The molecule has 3 heterocycles. The first-order valence-corrected chi connectivity index (χ1v) is 9.88. The molecule has 2 bridgehead atoms. The first kappa shape index (κ1) is 18.6. The molecular formula is C21H19FN6O2. The van der Waals surface area contributed by atoms with Gasteiger partial charge in [-0.15, -0.1) is 0 Å². The highest BCUT2D eigenvalue weighted by molar-refractivity contribution is 5.83. The zero-order chi connectivity index (χ0) is 20.7. The van der Waals surface area contributed by atoms with Crippen LogP contribution in [0, 0.1) is 34.4 Å². The summed E-state index contributed by atoms with van der Waals surface area (Å²) in [5, 5.41) is 14.6. The van der Waals surface area contributed by atoms with Crippen molar-refractivity contribution < 1.29 is 13.9 Å². The van der Waals surface area contributed by atoms with Crippen molar-refractivity contribution in [2.24, 2.45) is 22.4 Å². The molecule has 9 heteroatoms. The maximum atomic E-state index is 13.6. The maximum Gasteiger partial charge on any atom is 0.246 e. The van der Waals surface area contributed by atoms with Crippen molar-refractivity contribution in [3.8, 4) is 11.9 Å². The smallest absolute Gasteiger partial charge is 0.246 e. The third-order valence-corrected chi connectivity index (χ3v) is 6.37. The molecule has 4 aliphatic rings. The highest BCUT2D eigenvalue weighted by Gasteiger charge is 2.59. The predicted molar refractivity (Wildman–Crippen MR) is 102 cm³/mol. The van der Waals surface area contributed by atoms with Gasteiger partial charge in [-0.1, -0.05) is 0 Å². The van der Waals surface area contributed by atoms with Crippen LogP contribution in [0.15, 0.2) is 36.0 Å². The molecule has 0 radical (unpaired) electrons. The van der Waals surface area contributed by atoms with E-state index in [9.17, 15) is 9.18 Å². The van der Waals surface area contributed by atoms with Gasteiger partial charge in [0.05, 0.1) is 31.2 Å². The van der Waals surface area contributed by atoms with E-state index in [1.165, 1.54) is 23.5 Å². The first-order valence-electron chi connectivity index (χ1n) is 9.88. The van der Waals surface area contributed by atoms with Gasteiger partial charge in [0.25, 0.3) is 0 Å². The molecule has 3 aliphatic carbocycles. The average Bonchev–Trinajstić information content (AvgIpc) is 3.45. The van der Waals surface area contributed by atoms with Gasteiger partial charge in [-0.2, -0.15) is 10.4 Å². The third-order valence-electron chi connectivity index (χ3n) is 6.37. The van der Waals surface area contributed by atoms with Crippen LogP contribution >= 0.6 is 0 Å². The minimum absolute atomic E-state index is 0.0134. The van der Waals surface area contributed by atoms with Gasteiger partial charge in [0, 0.05) is 30.2 Å². The number of hydrazone groups is 1. The normalized spacial score (nSPS) is 28.8. The summed E-state index contributed by atoms with van der Waals surface area (Å²) in [7, 11) is 0. The zero-order valence-electron chi connectivity index (χ0n) is 16.1. The molecule has 2 atom stereocenters. The molecule has 0 spiro atoms. The summed E-state index contributed by atoms with van der Waals surface area (Å²) in [5.41, 5.74) is 0.855. The van der Waals surface area contributed by atoms with Crippen LogP contribution in [0.25, 0.3) is 0 Å². The van der Waals surface area contributed by atoms with Crippen molar-refractivity contribution in [1.82, 2.24) is 20.0 Å². The predicted octanol–water partition coefficient (Wildman–Crippen LogP) is 2.64. The van der Waals surface area contributed by atoms with E-state index in [0.717, 1.165) is 25.5 Å². The highest BCUT2D eigenvalue weighted by atomic mass is 19.1. The number of hydrogen-bond acceptors (Lipinski definition) is 7. The van der Waals surface area contributed by atoms with Crippen LogP contribution in [-0.2, 0) is 4.79 Å². The molecule has 6 rings (SSSR count). The lowest BCUT2D eigenvalue weighted by atomic mass is 9.70. The van der Waals surface area contributed by atoms with E-state index in [-0.39, 0.29) is 29.0 Å². The van der Waals surface area contributed by atoms with E-state index in [4.69, 9.17) is 10.00 Å². The molecular weight excluding hydrogens is 387 g/mol. The van der Waals surface area contributed by atoms with E-state index >= 15 is 0 Å². The second-order valence-corrected chi connectivity index (χ2v) is 8.29. The summed E-state index contributed by atoms with van der Waals surface area (Å²) in [4.78, 5) is 25.2. The van der Waals surface area contributed by atoms with Crippen molar-refractivity contribution in [2.75, 3.05) is 6.61 Å². The van der Waals surface area contributed by atoms with Crippen LogP contribution in [0.4, 0.5) is 4.39 Å². The molecule has 1 unspecified atom stereocenters. The Morgan fingerprint density at radius 1 is 1.27 bits per heavy atom. The average molecular weight is 406 g/mol. The molecule has 0 N–H and O–H groups in total. The maximum absolute atomic E-state index is 13.6. The Hall–Kier alpha value is -3.41. The number of nitrogens with zero attached hydrogens (tertiary/aromatic N) is 6. The van der Waals surface area contributed by atoms with Gasteiger partial charge in [0.1, 0.15) is 11.9 Å². The molecule has 0 saturated heterocycles. The van der Waals surface area contributed by atoms with E-state index in [1.807, 2.05) is 6.07 Å². The number of pyridine rings is 1. The number of ether oxygens (including phenoxy) is 1. The van der Waals surface area contributed by atoms with Crippen molar-refractivity contribution >= 4 is 12.1 Å². The third kappa shape index (κ3) is 3.18. The molecule has 1 amide bonds. The van der Waals surface area contributed by atoms with Crippen molar-refractivity contribution in [3.63, 3.8) is 0 Å². The molecule has 3 saturated carbocycles. The Labute approximate surface area is 172 Å². The number of hydrogen-bond donors (Lipinski definition) is 0. The molecule has 8 nitrogen and oxygen atoms in total. The van der Waals surface area contributed by atoms with E-state index in [1.54, 1.807) is 12.4 Å². The lowest BCUT2D eigenvalue weighted by Crippen LogP contribution is -2.36. The van der Waals surface area contributed by atoms with Crippen LogP contribution < -0.4 is 4.74 Å². The topological polar surface area (TPSA) is 104 Å². The minimum atomic E-state index is -0.420. The number of carbonyl (C=O) groups excluding carboxylic acids is 1. The summed E-state index contributed by atoms with van der Waals surface area (Å²) in [5.74, 6) is 0.150. The number of aromatic nitrogens is 3. The molecule has 0 aromatic carbocycles. The fourth-order valence-corrected chi connectivity index (χ4v) is 4.96. The van der Waals surface area contributed by atoms with Crippen LogP contribution in [0.3, 0.4) is 0 Å². The summed E-state index contributed by atoms with van der Waals surface area (Å²) >= 11 is 0. The monoisotopic (exact) mass is 406 g/mol. The van der Waals surface area contributed by atoms with Crippen LogP contribution in [-0.4, -0.2) is 38.7 Å². The van der Waals surface area contributed by atoms with Crippen LogP contribution in [0.1, 0.15) is 43.0 Å². The number of nitriles is 1. The van der Waals surface area contributed by atoms with Crippen molar-refractivity contribution in [3.05, 3.63) is 47.9 Å². The lowest BCUT2D eigenvalue weighted by molar-refractivity contribution is -0.138. The summed E-state index contributed by atoms with van der Waals surface area (Å²) in [6, 6.07) is 3.03. The SMILES string of the molecule is N#Cc1cnc(OCC23CC(C2)[C@@H](C(=O)N2N=CCC2c2cncc(F)c2)C3)cn1. The quantitative estimate of drug-likeness (QED) is 0.756. The Balaban J connectivity index is 1.23. The van der Waals surface area contributed by atoms with Gasteiger partial charge in [0.2, 0.25) is 11.8 Å². The largest absolute Gasteiger partial charge is 0.476 e. The van der Waals surface area contributed by atoms with E-state index < -0.39 is 5.82 Å². The lowest BCUT2D eigenvalue weighted by Gasteiger charge is -2.38. The molecule has 1 aliphatic heterocycles. The van der Waals surface area contributed by atoms with Gasteiger partial charge in [0.15, 0.2) is 5.69 Å². The Morgan fingerprint density at radius 2 is 2.13 bits per heavy atom. The number of halogens is 1. The van der Waals surface area contributed by atoms with Gasteiger partial charge >= 0.3 is 0 Å². The molecule has 3 fully saturated rings. The zero-order valence-corrected chi connectivity index (χ0v) is 16.1. The minimum Gasteiger partial charge on any atom is -0.476 e. The van der Waals surface area contributed by atoms with Crippen LogP contribution in [0.2, 0.25) is 0 Å². The number of fused-ring (bicyclic) bond motifs is 1. The summed E-state index contributed by atoms with van der Waals surface area (Å²) in [6.07, 6.45) is 10.4. The molecule has 152 valence electrons. The van der Waals surface area contributed by atoms with Crippen molar-refractivity contribution in [1.29, 1.82) is 5.26 Å². The van der Waals surface area contributed by atoms with Gasteiger partial charge < -0.3 is 4.74 Å². The fraction of sp³-hybridized carbons (Fsp3) is 0.429. The Kier molecular flexibility index (Phi) is 4.42. The van der Waals surface area contributed by atoms with E-state index in [2.05, 4.69) is 20.1 Å². The molecule has 2 aromatic rings. The Bertz CT molecular complexity index is 1040. The van der Waals surface area contributed by atoms with Crippen molar-refractivity contribution in [2.45, 2.75) is 31.7 Å². The summed E-state index contributed by atoms with van der Waals surface area (Å²) < 4.78 is 19.4. The van der Waals surface area contributed by atoms with Gasteiger partial charge in [-0.05, 0) is 36.8 Å². The summed E-state index contributed by atoms with van der Waals surface area (Å²) in [6.45, 7) is 0.467. The number of carbonyl (C=O) groups is 1.